The molecule has 2 heterocycles. The smallest absolute Gasteiger partial charge is 0.132 e. The minimum atomic E-state index is -0.136. The standard InChI is InChI=1S/C14H18FNO2/c1-17-11-4-5-16(9-11)10-7-13(15)12-3-2-6-18-14(12)8-10/h7-8,11H,2-6,9H2,1H3. The van der Waals surface area contributed by atoms with Crippen molar-refractivity contribution in [1.29, 1.82) is 0 Å². The average Bonchev–Trinajstić information content (AvgIpc) is 2.87. The van der Waals surface area contributed by atoms with Crippen molar-refractivity contribution in [2.24, 2.45) is 0 Å². The summed E-state index contributed by atoms with van der Waals surface area (Å²) >= 11 is 0. The molecule has 1 aromatic rings. The third-order valence-electron chi connectivity index (χ3n) is 3.81. The third kappa shape index (κ3) is 2.05. The van der Waals surface area contributed by atoms with Gasteiger partial charge in [-0.2, -0.15) is 0 Å². The lowest BCUT2D eigenvalue weighted by atomic mass is 10.0. The first-order valence-corrected chi connectivity index (χ1v) is 6.51. The number of anilines is 1. The van der Waals surface area contributed by atoms with Crippen LogP contribution >= 0.6 is 0 Å². The monoisotopic (exact) mass is 251 g/mol. The van der Waals surface area contributed by atoms with Gasteiger partial charge in [-0.15, -0.1) is 0 Å². The van der Waals surface area contributed by atoms with E-state index in [0.29, 0.717) is 6.61 Å². The van der Waals surface area contributed by atoms with Gasteiger partial charge in [0, 0.05) is 37.5 Å². The predicted octanol–water partition coefficient (Wildman–Crippen LogP) is 2.38. The lowest BCUT2D eigenvalue weighted by Crippen LogP contribution is -2.23. The molecule has 98 valence electrons. The second-order valence-corrected chi connectivity index (χ2v) is 4.95. The number of methoxy groups -OCH3 is 1. The fraction of sp³-hybridized carbons (Fsp3) is 0.571. The SMILES string of the molecule is COC1CCN(c2cc(F)c3c(c2)OCCC3)C1. The number of ether oxygens (including phenoxy) is 2. The summed E-state index contributed by atoms with van der Waals surface area (Å²) in [6.45, 7) is 2.43. The first-order valence-electron chi connectivity index (χ1n) is 6.51. The van der Waals surface area contributed by atoms with Gasteiger partial charge in [0.25, 0.3) is 0 Å². The van der Waals surface area contributed by atoms with Crippen LogP contribution in [-0.2, 0) is 11.2 Å². The van der Waals surface area contributed by atoms with E-state index in [4.69, 9.17) is 9.47 Å². The largest absolute Gasteiger partial charge is 0.493 e. The summed E-state index contributed by atoms with van der Waals surface area (Å²) < 4.78 is 24.9. The third-order valence-corrected chi connectivity index (χ3v) is 3.81. The molecule has 18 heavy (non-hydrogen) atoms. The lowest BCUT2D eigenvalue weighted by molar-refractivity contribution is 0.121. The van der Waals surface area contributed by atoms with E-state index in [-0.39, 0.29) is 11.9 Å². The molecule has 3 rings (SSSR count). The molecule has 0 N–H and O–H groups in total. The van der Waals surface area contributed by atoms with E-state index in [1.165, 1.54) is 0 Å². The Hall–Kier alpha value is -1.29. The Balaban J connectivity index is 1.87. The summed E-state index contributed by atoms with van der Waals surface area (Å²) in [7, 11) is 1.73. The van der Waals surface area contributed by atoms with Gasteiger partial charge in [-0.3, -0.25) is 0 Å². The van der Waals surface area contributed by atoms with E-state index in [1.807, 2.05) is 6.07 Å². The zero-order valence-electron chi connectivity index (χ0n) is 10.6. The normalized spacial score (nSPS) is 22.8. The van der Waals surface area contributed by atoms with Gasteiger partial charge in [0.2, 0.25) is 0 Å². The van der Waals surface area contributed by atoms with Crippen LogP contribution in [0, 0.1) is 5.82 Å². The molecule has 2 aliphatic heterocycles. The number of fused-ring (bicyclic) bond motifs is 1. The first kappa shape index (κ1) is 11.8. The molecular weight excluding hydrogens is 233 g/mol. The minimum absolute atomic E-state index is 0.136. The van der Waals surface area contributed by atoms with Crippen LogP contribution in [0.4, 0.5) is 10.1 Å². The Morgan fingerprint density at radius 3 is 3.11 bits per heavy atom. The van der Waals surface area contributed by atoms with Crippen LogP contribution in [-0.4, -0.2) is 32.9 Å². The highest BCUT2D eigenvalue weighted by Gasteiger charge is 2.25. The van der Waals surface area contributed by atoms with Crippen molar-refractivity contribution < 1.29 is 13.9 Å². The molecule has 1 aromatic carbocycles. The van der Waals surface area contributed by atoms with Gasteiger partial charge in [-0.1, -0.05) is 0 Å². The molecule has 0 saturated carbocycles. The van der Waals surface area contributed by atoms with E-state index in [0.717, 1.165) is 49.4 Å². The number of rotatable bonds is 2. The Morgan fingerprint density at radius 2 is 2.33 bits per heavy atom. The summed E-state index contributed by atoms with van der Waals surface area (Å²) in [4.78, 5) is 2.16. The summed E-state index contributed by atoms with van der Waals surface area (Å²) in [6.07, 6.45) is 2.93. The molecule has 2 aliphatic rings. The highest BCUT2D eigenvalue weighted by atomic mass is 19.1. The van der Waals surface area contributed by atoms with Crippen molar-refractivity contribution in [3.05, 3.63) is 23.5 Å². The van der Waals surface area contributed by atoms with E-state index < -0.39 is 0 Å². The number of benzene rings is 1. The molecule has 1 fully saturated rings. The van der Waals surface area contributed by atoms with Crippen LogP contribution in [0.15, 0.2) is 12.1 Å². The molecule has 4 heteroatoms. The quantitative estimate of drug-likeness (QED) is 0.805. The van der Waals surface area contributed by atoms with Gasteiger partial charge >= 0.3 is 0 Å². The highest BCUT2D eigenvalue weighted by Crippen LogP contribution is 2.33. The molecule has 0 aromatic heterocycles. The topological polar surface area (TPSA) is 21.7 Å². The number of hydrogen-bond acceptors (Lipinski definition) is 3. The summed E-state index contributed by atoms with van der Waals surface area (Å²) in [5.41, 5.74) is 1.64. The zero-order valence-corrected chi connectivity index (χ0v) is 10.6. The second kappa shape index (κ2) is 4.76. The van der Waals surface area contributed by atoms with Crippen LogP contribution in [0.2, 0.25) is 0 Å². The van der Waals surface area contributed by atoms with Gasteiger partial charge in [-0.05, 0) is 25.3 Å². The van der Waals surface area contributed by atoms with Crippen LogP contribution in [0.5, 0.6) is 5.75 Å². The summed E-state index contributed by atoms with van der Waals surface area (Å²) in [5, 5.41) is 0. The highest BCUT2D eigenvalue weighted by molar-refractivity contribution is 5.55. The molecule has 3 nitrogen and oxygen atoms in total. The van der Waals surface area contributed by atoms with Crippen molar-refractivity contribution in [3.63, 3.8) is 0 Å². The van der Waals surface area contributed by atoms with Crippen LogP contribution in [0.25, 0.3) is 0 Å². The Morgan fingerprint density at radius 1 is 1.44 bits per heavy atom. The van der Waals surface area contributed by atoms with E-state index in [9.17, 15) is 4.39 Å². The molecule has 0 spiro atoms. The number of hydrogen-bond donors (Lipinski definition) is 0. The molecule has 0 radical (unpaired) electrons. The van der Waals surface area contributed by atoms with Crippen molar-refractivity contribution in [2.75, 3.05) is 31.7 Å². The molecular formula is C14H18FNO2. The van der Waals surface area contributed by atoms with Crippen LogP contribution < -0.4 is 9.64 Å². The second-order valence-electron chi connectivity index (χ2n) is 4.95. The first-order chi connectivity index (χ1) is 8.78. The Bertz CT molecular complexity index is 450. The van der Waals surface area contributed by atoms with Gasteiger partial charge in [0.1, 0.15) is 11.6 Å². The lowest BCUT2D eigenvalue weighted by Gasteiger charge is -2.23. The average molecular weight is 251 g/mol. The fourth-order valence-corrected chi connectivity index (χ4v) is 2.74. The maximum atomic E-state index is 14.0. The molecule has 0 amide bonds. The Labute approximate surface area is 106 Å². The zero-order chi connectivity index (χ0) is 12.5. The van der Waals surface area contributed by atoms with Gasteiger partial charge < -0.3 is 14.4 Å². The maximum absolute atomic E-state index is 14.0. The maximum Gasteiger partial charge on any atom is 0.132 e. The minimum Gasteiger partial charge on any atom is -0.493 e. The van der Waals surface area contributed by atoms with Crippen molar-refractivity contribution in [3.8, 4) is 5.75 Å². The van der Waals surface area contributed by atoms with Crippen LogP contribution in [0.1, 0.15) is 18.4 Å². The molecule has 1 saturated heterocycles. The van der Waals surface area contributed by atoms with Crippen molar-refractivity contribution in [2.45, 2.75) is 25.4 Å². The van der Waals surface area contributed by atoms with Crippen molar-refractivity contribution in [1.82, 2.24) is 0 Å². The molecule has 1 unspecified atom stereocenters. The molecule has 1 atom stereocenters. The number of nitrogens with zero attached hydrogens (tertiary/aromatic N) is 1. The van der Waals surface area contributed by atoms with Crippen molar-refractivity contribution >= 4 is 5.69 Å². The van der Waals surface area contributed by atoms with Crippen LogP contribution in [0.3, 0.4) is 0 Å². The van der Waals surface area contributed by atoms with Gasteiger partial charge in [0.05, 0.1) is 12.7 Å². The van der Waals surface area contributed by atoms with Gasteiger partial charge in [-0.25, -0.2) is 4.39 Å². The summed E-state index contributed by atoms with van der Waals surface area (Å²) in [6, 6.07) is 3.60. The van der Waals surface area contributed by atoms with E-state index >= 15 is 0 Å². The van der Waals surface area contributed by atoms with E-state index in [1.54, 1.807) is 13.2 Å². The van der Waals surface area contributed by atoms with E-state index in [2.05, 4.69) is 4.90 Å². The predicted molar refractivity (Wildman–Crippen MR) is 67.8 cm³/mol. The molecule has 0 bridgehead atoms. The Kier molecular flexibility index (Phi) is 3.12. The van der Waals surface area contributed by atoms with Gasteiger partial charge in [0.15, 0.2) is 0 Å². The molecule has 0 aliphatic carbocycles. The number of halogens is 1. The fourth-order valence-electron chi connectivity index (χ4n) is 2.74. The summed E-state index contributed by atoms with van der Waals surface area (Å²) in [5.74, 6) is 0.584.